The van der Waals surface area contributed by atoms with E-state index in [1.807, 2.05) is 19.2 Å². The van der Waals surface area contributed by atoms with Crippen molar-refractivity contribution in [1.29, 1.82) is 0 Å². The van der Waals surface area contributed by atoms with Crippen LogP contribution in [0.25, 0.3) is 0 Å². The summed E-state index contributed by atoms with van der Waals surface area (Å²) >= 11 is 1.39. The number of hydrogen-bond donors (Lipinski definition) is 1. The third-order valence-electron chi connectivity index (χ3n) is 2.66. The Kier molecular flexibility index (Phi) is 5.23. The van der Waals surface area contributed by atoms with Gasteiger partial charge in [0.05, 0.1) is 6.61 Å². The number of aryl methyl sites for hydroxylation is 1. The second-order valence-corrected chi connectivity index (χ2v) is 5.00. The molecule has 0 aliphatic carbocycles. The van der Waals surface area contributed by atoms with Crippen molar-refractivity contribution in [3.05, 3.63) is 35.4 Å². The average molecular weight is 278 g/mol. The van der Waals surface area contributed by atoms with Crippen molar-refractivity contribution in [1.82, 2.24) is 14.3 Å². The smallest absolute Gasteiger partial charge is 0.202 e. The highest BCUT2D eigenvalue weighted by Gasteiger charge is 2.03. The lowest BCUT2D eigenvalue weighted by molar-refractivity contribution is 0.201. The fourth-order valence-corrected chi connectivity index (χ4v) is 2.22. The summed E-state index contributed by atoms with van der Waals surface area (Å²) in [6.45, 7) is 3.49. The van der Waals surface area contributed by atoms with Crippen molar-refractivity contribution in [2.45, 2.75) is 19.8 Å². The molecule has 0 fully saturated rings. The van der Waals surface area contributed by atoms with E-state index in [0.29, 0.717) is 6.61 Å². The van der Waals surface area contributed by atoms with E-state index in [9.17, 15) is 0 Å². The van der Waals surface area contributed by atoms with Gasteiger partial charge in [0, 0.05) is 43.5 Å². The quantitative estimate of drug-likeness (QED) is 0.840. The first-order chi connectivity index (χ1) is 9.28. The Balaban J connectivity index is 1.76. The van der Waals surface area contributed by atoms with Crippen molar-refractivity contribution in [2.24, 2.45) is 0 Å². The van der Waals surface area contributed by atoms with Crippen LogP contribution in [-0.4, -0.2) is 34.6 Å². The summed E-state index contributed by atoms with van der Waals surface area (Å²) in [7, 11) is 1.68. The van der Waals surface area contributed by atoms with Crippen LogP contribution in [-0.2, 0) is 17.6 Å². The van der Waals surface area contributed by atoms with Crippen LogP contribution in [0, 0.1) is 6.92 Å². The van der Waals surface area contributed by atoms with Gasteiger partial charge in [0.25, 0.3) is 0 Å². The Labute approximate surface area is 117 Å². The minimum Gasteiger partial charge on any atom is -0.384 e. The first-order valence-corrected chi connectivity index (χ1v) is 7.02. The molecule has 0 atom stereocenters. The molecule has 0 aliphatic rings. The number of pyridine rings is 1. The van der Waals surface area contributed by atoms with Gasteiger partial charge < -0.3 is 10.1 Å². The Bertz CT molecular complexity index is 498. The van der Waals surface area contributed by atoms with Crippen molar-refractivity contribution < 1.29 is 4.74 Å². The number of rotatable bonds is 7. The van der Waals surface area contributed by atoms with E-state index >= 15 is 0 Å². The molecule has 19 heavy (non-hydrogen) atoms. The summed E-state index contributed by atoms with van der Waals surface area (Å²) in [4.78, 5) is 8.67. The lowest BCUT2D eigenvalue weighted by Gasteiger charge is -2.02. The second kappa shape index (κ2) is 7.16. The van der Waals surface area contributed by atoms with Crippen LogP contribution in [0.5, 0.6) is 0 Å². The molecule has 6 heteroatoms. The summed E-state index contributed by atoms with van der Waals surface area (Å²) in [5.41, 5.74) is 2.27. The molecular weight excluding hydrogens is 260 g/mol. The van der Waals surface area contributed by atoms with E-state index in [0.717, 1.165) is 36.0 Å². The molecule has 0 radical (unpaired) electrons. The van der Waals surface area contributed by atoms with Crippen molar-refractivity contribution in [3.63, 3.8) is 0 Å². The molecule has 0 saturated carbocycles. The van der Waals surface area contributed by atoms with Crippen LogP contribution < -0.4 is 5.32 Å². The third kappa shape index (κ3) is 4.57. The highest BCUT2D eigenvalue weighted by Crippen LogP contribution is 2.11. The van der Waals surface area contributed by atoms with Gasteiger partial charge in [0.15, 0.2) is 0 Å². The molecule has 0 unspecified atom stereocenters. The summed E-state index contributed by atoms with van der Waals surface area (Å²) in [6.07, 6.45) is 3.61. The van der Waals surface area contributed by atoms with Crippen molar-refractivity contribution in [2.75, 3.05) is 25.6 Å². The summed E-state index contributed by atoms with van der Waals surface area (Å²) < 4.78 is 9.27. The molecule has 2 aromatic rings. The normalized spacial score (nSPS) is 10.6. The molecule has 2 rings (SSSR count). The van der Waals surface area contributed by atoms with Gasteiger partial charge in [0.1, 0.15) is 5.82 Å². The van der Waals surface area contributed by atoms with Gasteiger partial charge in [-0.1, -0.05) is 6.07 Å². The molecule has 2 heterocycles. The Morgan fingerprint density at radius 2 is 2.21 bits per heavy atom. The van der Waals surface area contributed by atoms with Gasteiger partial charge in [-0.3, -0.25) is 4.98 Å². The molecule has 2 aromatic heterocycles. The minimum absolute atomic E-state index is 0.658. The van der Waals surface area contributed by atoms with Crippen LogP contribution in [0.15, 0.2) is 18.3 Å². The van der Waals surface area contributed by atoms with Gasteiger partial charge in [-0.05, 0) is 25.0 Å². The van der Waals surface area contributed by atoms with Crippen LogP contribution in [0.2, 0.25) is 0 Å². The van der Waals surface area contributed by atoms with Gasteiger partial charge in [-0.15, -0.1) is 0 Å². The lowest BCUT2D eigenvalue weighted by atomic mass is 10.2. The molecule has 5 nitrogen and oxygen atoms in total. The molecule has 0 amide bonds. The number of nitrogens with zero attached hydrogens (tertiary/aromatic N) is 3. The number of anilines is 1. The number of aromatic nitrogens is 3. The zero-order chi connectivity index (χ0) is 13.5. The zero-order valence-corrected chi connectivity index (χ0v) is 12.0. The second-order valence-electron chi connectivity index (χ2n) is 4.24. The van der Waals surface area contributed by atoms with E-state index in [-0.39, 0.29) is 0 Å². The predicted octanol–water partition coefficient (Wildman–Crippen LogP) is 2.09. The number of nitrogens with one attached hydrogen (secondary N) is 1. The predicted molar refractivity (Wildman–Crippen MR) is 76.7 cm³/mol. The highest BCUT2D eigenvalue weighted by molar-refractivity contribution is 7.09. The van der Waals surface area contributed by atoms with E-state index in [4.69, 9.17) is 4.74 Å². The monoisotopic (exact) mass is 278 g/mol. The topological polar surface area (TPSA) is 59.9 Å². The first-order valence-electron chi connectivity index (χ1n) is 6.25. The van der Waals surface area contributed by atoms with Crippen LogP contribution in [0.4, 0.5) is 5.13 Å². The number of ether oxygens (including phenoxy) is 1. The summed E-state index contributed by atoms with van der Waals surface area (Å²) in [5.74, 6) is 0.839. The van der Waals surface area contributed by atoms with Crippen LogP contribution in [0.1, 0.15) is 17.1 Å². The zero-order valence-electron chi connectivity index (χ0n) is 11.2. The van der Waals surface area contributed by atoms with E-state index < -0.39 is 0 Å². The minimum atomic E-state index is 0.658. The van der Waals surface area contributed by atoms with Gasteiger partial charge in [-0.2, -0.15) is 4.37 Å². The molecule has 0 saturated heterocycles. The fraction of sp³-hybridized carbons (Fsp3) is 0.462. The van der Waals surface area contributed by atoms with E-state index in [1.54, 1.807) is 7.11 Å². The molecule has 0 bridgehead atoms. The lowest BCUT2D eigenvalue weighted by Crippen LogP contribution is -2.05. The molecule has 0 spiro atoms. The summed E-state index contributed by atoms with van der Waals surface area (Å²) in [6, 6.07) is 4.14. The van der Waals surface area contributed by atoms with Crippen molar-refractivity contribution in [3.8, 4) is 0 Å². The molecule has 0 aromatic carbocycles. The number of methoxy groups -OCH3 is 1. The van der Waals surface area contributed by atoms with Gasteiger partial charge in [-0.25, -0.2) is 4.98 Å². The largest absolute Gasteiger partial charge is 0.384 e. The average Bonchev–Trinajstić information content (AvgIpc) is 2.87. The number of hydrogen-bond acceptors (Lipinski definition) is 6. The van der Waals surface area contributed by atoms with Gasteiger partial charge in [0.2, 0.25) is 5.13 Å². The molecule has 1 N–H and O–H groups in total. The Hall–Kier alpha value is -1.53. The first kappa shape index (κ1) is 13.9. The maximum atomic E-state index is 5.00. The van der Waals surface area contributed by atoms with Crippen LogP contribution in [0.3, 0.4) is 0 Å². The Morgan fingerprint density at radius 1 is 1.32 bits per heavy atom. The molecule has 0 aliphatic heterocycles. The standard InChI is InChI=1S/C13H18N4OS/c1-10-3-4-11(9-15-10)5-7-14-13-16-12(17-19-13)6-8-18-2/h3-4,9H,5-8H2,1-2H3,(H,14,16,17). The maximum absolute atomic E-state index is 5.00. The molecular formula is C13H18N4OS. The maximum Gasteiger partial charge on any atom is 0.202 e. The van der Waals surface area contributed by atoms with Gasteiger partial charge >= 0.3 is 0 Å². The third-order valence-corrected chi connectivity index (χ3v) is 3.37. The van der Waals surface area contributed by atoms with E-state index in [2.05, 4.69) is 25.7 Å². The fourth-order valence-electron chi connectivity index (χ4n) is 1.58. The Morgan fingerprint density at radius 3 is 2.95 bits per heavy atom. The van der Waals surface area contributed by atoms with E-state index in [1.165, 1.54) is 17.1 Å². The SMILES string of the molecule is COCCc1nsc(NCCc2ccc(C)nc2)n1. The summed E-state index contributed by atoms with van der Waals surface area (Å²) in [5, 5.41) is 4.15. The molecule has 102 valence electrons. The van der Waals surface area contributed by atoms with Crippen molar-refractivity contribution >= 4 is 16.7 Å². The highest BCUT2D eigenvalue weighted by atomic mass is 32.1. The van der Waals surface area contributed by atoms with Crippen LogP contribution >= 0.6 is 11.5 Å².